The lowest BCUT2D eigenvalue weighted by molar-refractivity contribution is 0.315. The molecule has 0 aliphatic carbocycles. The molecule has 0 saturated carbocycles. The Morgan fingerprint density at radius 1 is 1.44 bits per heavy atom. The second-order valence-corrected chi connectivity index (χ2v) is 5.04. The van der Waals surface area contributed by atoms with Gasteiger partial charge in [-0.15, -0.1) is 11.3 Å². The van der Waals surface area contributed by atoms with Crippen LogP contribution in [0.1, 0.15) is 18.2 Å². The van der Waals surface area contributed by atoms with Gasteiger partial charge < -0.3 is 4.74 Å². The second kappa shape index (κ2) is 3.91. The minimum Gasteiger partial charge on any atom is -0.475 e. The number of nitrogens with zero attached hydrogens (tertiary/aromatic N) is 1. The Morgan fingerprint density at radius 2 is 2.31 bits per heavy atom. The van der Waals surface area contributed by atoms with Gasteiger partial charge in [0.1, 0.15) is 6.61 Å². The Bertz CT molecular complexity index is 511. The maximum absolute atomic E-state index is 5.63. The van der Waals surface area contributed by atoms with Crippen LogP contribution in [0.5, 0.6) is 0 Å². The molecule has 2 nitrogen and oxygen atoms in total. The van der Waals surface area contributed by atoms with E-state index < -0.39 is 0 Å². The van der Waals surface area contributed by atoms with Crippen molar-refractivity contribution in [1.29, 1.82) is 0 Å². The second-order valence-electron chi connectivity index (χ2n) is 3.96. The molecule has 0 bridgehead atoms. The third-order valence-electron chi connectivity index (χ3n) is 2.82. The first-order chi connectivity index (χ1) is 7.86. The summed E-state index contributed by atoms with van der Waals surface area (Å²) in [4.78, 5) is 5.73. The van der Waals surface area contributed by atoms with Crippen molar-refractivity contribution in [2.24, 2.45) is 4.99 Å². The van der Waals surface area contributed by atoms with Gasteiger partial charge in [-0.05, 0) is 23.9 Å². The van der Waals surface area contributed by atoms with Gasteiger partial charge >= 0.3 is 0 Å². The highest BCUT2D eigenvalue weighted by Gasteiger charge is 2.19. The quantitative estimate of drug-likeness (QED) is 0.775. The van der Waals surface area contributed by atoms with Gasteiger partial charge in [0, 0.05) is 4.70 Å². The Hall–Kier alpha value is -1.35. The zero-order valence-electron chi connectivity index (χ0n) is 9.14. The first kappa shape index (κ1) is 9.85. The van der Waals surface area contributed by atoms with E-state index >= 15 is 0 Å². The van der Waals surface area contributed by atoms with E-state index in [0.717, 1.165) is 23.8 Å². The molecule has 16 heavy (non-hydrogen) atoms. The SMILES string of the molecule is CC[C@H]1COC(c2cc3ccccc3s2)=N1. The molecule has 0 unspecified atom stereocenters. The predicted octanol–water partition coefficient (Wildman–Crippen LogP) is 3.46. The maximum atomic E-state index is 5.63. The molecule has 0 amide bonds. The molecule has 82 valence electrons. The number of aliphatic imine (C=N–C) groups is 1. The average Bonchev–Trinajstić information content (AvgIpc) is 2.95. The number of benzene rings is 1. The highest BCUT2D eigenvalue weighted by molar-refractivity contribution is 7.20. The van der Waals surface area contributed by atoms with Gasteiger partial charge in [-0.2, -0.15) is 0 Å². The van der Waals surface area contributed by atoms with Crippen LogP contribution in [-0.2, 0) is 4.74 Å². The van der Waals surface area contributed by atoms with Gasteiger partial charge in [-0.3, -0.25) is 0 Å². The van der Waals surface area contributed by atoms with Crippen molar-refractivity contribution in [3.63, 3.8) is 0 Å². The van der Waals surface area contributed by atoms with Crippen molar-refractivity contribution in [1.82, 2.24) is 0 Å². The van der Waals surface area contributed by atoms with Crippen molar-refractivity contribution >= 4 is 27.3 Å². The molecule has 0 fully saturated rings. The lowest BCUT2D eigenvalue weighted by Crippen LogP contribution is -2.03. The minimum atomic E-state index is 0.347. The number of ether oxygens (including phenoxy) is 1. The molecule has 1 aliphatic rings. The van der Waals surface area contributed by atoms with E-state index in [2.05, 4.69) is 42.2 Å². The van der Waals surface area contributed by atoms with Crippen LogP contribution in [0.25, 0.3) is 10.1 Å². The maximum Gasteiger partial charge on any atom is 0.226 e. The molecule has 2 heterocycles. The van der Waals surface area contributed by atoms with E-state index in [0.29, 0.717) is 6.04 Å². The number of rotatable bonds is 2. The standard InChI is InChI=1S/C13H13NOS/c1-2-10-8-15-13(14-10)12-7-9-5-3-4-6-11(9)16-12/h3-7,10H,2,8H2,1H3/t10-/m0/s1. The molecule has 3 heteroatoms. The normalized spacial score (nSPS) is 19.8. The molecule has 1 aromatic carbocycles. The largest absolute Gasteiger partial charge is 0.475 e. The summed E-state index contributed by atoms with van der Waals surface area (Å²) in [7, 11) is 0. The minimum absolute atomic E-state index is 0.347. The molecule has 3 rings (SSSR count). The zero-order valence-corrected chi connectivity index (χ0v) is 9.96. The lowest BCUT2D eigenvalue weighted by atomic mass is 10.2. The topological polar surface area (TPSA) is 21.6 Å². The van der Waals surface area contributed by atoms with Crippen LogP contribution in [0, 0.1) is 0 Å². The molecule has 1 aliphatic heterocycles. The van der Waals surface area contributed by atoms with Crippen LogP contribution < -0.4 is 0 Å². The van der Waals surface area contributed by atoms with Gasteiger partial charge in [0.25, 0.3) is 0 Å². The van der Waals surface area contributed by atoms with Crippen LogP contribution in [0.2, 0.25) is 0 Å². The summed E-state index contributed by atoms with van der Waals surface area (Å²) in [6.45, 7) is 2.88. The molecule has 0 N–H and O–H groups in total. The van der Waals surface area contributed by atoms with E-state index in [1.165, 1.54) is 10.1 Å². The zero-order chi connectivity index (χ0) is 11.0. The molecule has 1 atom stereocenters. The molecular formula is C13H13NOS. The smallest absolute Gasteiger partial charge is 0.226 e. The van der Waals surface area contributed by atoms with E-state index in [1.54, 1.807) is 11.3 Å². The van der Waals surface area contributed by atoms with E-state index in [-0.39, 0.29) is 0 Å². The number of hydrogen-bond donors (Lipinski definition) is 0. The molecule has 0 saturated heterocycles. The van der Waals surface area contributed by atoms with Crippen molar-refractivity contribution in [2.75, 3.05) is 6.61 Å². The fourth-order valence-electron chi connectivity index (χ4n) is 1.85. The molecule has 1 aromatic heterocycles. The predicted molar refractivity (Wildman–Crippen MR) is 68.4 cm³/mol. The number of hydrogen-bond acceptors (Lipinski definition) is 3. The Labute approximate surface area is 98.6 Å². The van der Waals surface area contributed by atoms with E-state index in [4.69, 9.17) is 4.74 Å². The van der Waals surface area contributed by atoms with Crippen molar-refractivity contribution in [2.45, 2.75) is 19.4 Å². The number of thiophene rings is 1. The highest BCUT2D eigenvalue weighted by atomic mass is 32.1. The Balaban J connectivity index is 2.00. The van der Waals surface area contributed by atoms with Gasteiger partial charge in [0.2, 0.25) is 5.90 Å². The number of fused-ring (bicyclic) bond motifs is 1. The third kappa shape index (κ3) is 1.61. The summed E-state index contributed by atoms with van der Waals surface area (Å²) < 4.78 is 6.93. The van der Waals surface area contributed by atoms with Crippen LogP contribution in [-0.4, -0.2) is 18.5 Å². The molecule has 0 radical (unpaired) electrons. The summed E-state index contributed by atoms with van der Waals surface area (Å²) in [5.41, 5.74) is 0. The Morgan fingerprint density at radius 3 is 3.06 bits per heavy atom. The summed E-state index contributed by atoms with van der Waals surface area (Å²) in [6, 6.07) is 10.9. The summed E-state index contributed by atoms with van der Waals surface area (Å²) >= 11 is 1.75. The van der Waals surface area contributed by atoms with Crippen molar-refractivity contribution in [3.8, 4) is 0 Å². The van der Waals surface area contributed by atoms with Gasteiger partial charge in [0.05, 0.1) is 10.9 Å². The van der Waals surface area contributed by atoms with Crippen molar-refractivity contribution < 1.29 is 4.74 Å². The van der Waals surface area contributed by atoms with Crippen LogP contribution in [0.4, 0.5) is 0 Å². The van der Waals surface area contributed by atoms with Gasteiger partial charge in [-0.1, -0.05) is 25.1 Å². The third-order valence-corrected chi connectivity index (χ3v) is 3.92. The van der Waals surface area contributed by atoms with Crippen LogP contribution >= 0.6 is 11.3 Å². The van der Waals surface area contributed by atoms with Crippen LogP contribution in [0.3, 0.4) is 0 Å². The average molecular weight is 231 g/mol. The first-order valence-electron chi connectivity index (χ1n) is 5.56. The van der Waals surface area contributed by atoms with Crippen molar-refractivity contribution in [3.05, 3.63) is 35.2 Å². The van der Waals surface area contributed by atoms with E-state index in [1.807, 2.05) is 0 Å². The monoisotopic (exact) mass is 231 g/mol. The first-order valence-corrected chi connectivity index (χ1v) is 6.38. The lowest BCUT2D eigenvalue weighted by Gasteiger charge is -1.96. The van der Waals surface area contributed by atoms with Gasteiger partial charge in [-0.25, -0.2) is 4.99 Å². The van der Waals surface area contributed by atoms with Crippen LogP contribution in [0.15, 0.2) is 35.3 Å². The summed E-state index contributed by atoms with van der Waals surface area (Å²) in [5.74, 6) is 0.827. The van der Waals surface area contributed by atoms with E-state index in [9.17, 15) is 0 Å². The molecule has 2 aromatic rings. The Kier molecular flexibility index (Phi) is 2.40. The van der Waals surface area contributed by atoms with Gasteiger partial charge in [0.15, 0.2) is 0 Å². The molecular weight excluding hydrogens is 218 g/mol. The fraction of sp³-hybridized carbons (Fsp3) is 0.308. The fourth-order valence-corrected chi connectivity index (χ4v) is 2.86. The summed E-state index contributed by atoms with van der Waals surface area (Å²) in [5, 5.41) is 1.27. The molecule has 0 spiro atoms. The summed E-state index contributed by atoms with van der Waals surface area (Å²) in [6.07, 6.45) is 1.05. The highest BCUT2D eigenvalue weighted by Crippen LogP contribution is 2.27.